The van der Waals surface area contributed by atoms with Gasteiger partial charge in [0.1, 0.15) is 6.04 Å². The van der Waals surface area contributed by atoms with Crippen LogP contribution < -0.4 is 4.72 Å². The van der Waals surface area contributed by atoms with E-state index < -0.39 is 22.0 Å². The van der Waals surface area contributed by atoms with Gasteiger partial charge in [-0.3, -0.25) is 4.79 Å². The van der Waals surface area contributed by atoms with E-state index in [-0.39, 0.29) is 11.3 Å². The number of benzene rings is 1. The summed E-state index contributed by atoms with van der Waals surface area (Å²) in [4.78, 5) is 24.2. The average molecular weight is 377 g/mol. The SMILES string of the molecule is Cc1ccc(S(=O)(=O)NC(Cc2cnc[nH]2)C(=O)O)cc1.c1c[nH]cn1. The van der Waals surface area contributed by atoms with Gasteiger partial charge in [0.25, 0.3) is 0 Å². The third-order valence-electron chi connectivity index (χ3n) is 3.31. The number of carboxylic acids is 1. The van der Waals surface area contributed by atoms with Crippen LogP contribution in [0.25, 0.3) is 0 Å². The molecule has 0 amide bonds. The molecule has 4 N–H and O–H groups in total. The fourth-order valence-electron chi connectivity index (χ4n) is 1.98. The van der Waals surface area contributed by atoms with E-state index in [0.717, 1.165) is 5.56 Å². The summed E-state index contributed by atoms with van der Waals surface area (Å²) in [6.07, 6.45) is 7.93. The molecule has 1 unspecified atom stereocenters. The van der Waals surface area contributed by atoms with Crippen molar-refractivity contribution in [2.45, 2.75) is 24.3 Å². The molecule has 0 aliphatic heterocycles. The number of nitrogens with zero attached hydrogens (tertiary/aromatic N) is 2. The van der Waals surface area contributed by atoms with Crippen LogP contribution in [0.15, 0.2) is 60.4 Å². The van der Waals surface area contributed by atoms with Gasteiger partial charge in [-0.25, -0.2) is 18.4 Å². The van der Waals surface area contributed by atoms with Gasteiger partial charge in [-0.15, -0.1) is 0 Å². The van der Waals surface area contributed by atoms with E-state index in [0.29, 0.717) is 5.69 Å². The molecule has 0 fully saturated rings. The third kappa shape index (κ3) is 5.83. The number of imidazole rings is 2. The van der Waals surface area contributed by atoms with Gasteiger partial charge in [-0.05, 0) is 19.1 Å². The molecular weight excluding hydrogens is 358 g/mol. The van der Waals surface area contributed by atoms with E-state index in [4.69, 9.17) is 5.11 Å². The van der Waals surface area contributed by atoms with E-state index in [1.807, 2.05) is 6.92 Å². The van der Waals surface area contributed by atoms with E-state index in [2.05, 4.69) is 24.7 Å². The number of rotatable bonds is 6. The van der Waals surface area contributed by atoms with Crippen molar-refractivity contribution >= 4 is 16.0 Å². The highest BCUT2D eigenvalue weighted by atomic mass is 32.2. The van der Waals surface area contributed by atoms with Crippen molar-refractivity contribution in [2.24, 2.45) is 0 Å². The number of hydrogen-bond acceptors (Lipinski definition) is 5. The minimum absolute atomic E-state index is 0.0135. The molecule has 10 heteroatoms. The molecule has 0 saturated carbocycles. The lowest BCUT2D eigenvalue weighted by Gasteiger charge is -2.14. The van der Waals surface area contributed by atoms with Crippen LogP contribution in [-0.4, -0.2) is 45.5 Å². The summed E-state index contributed by atoms with van der Waals surface area (Å²) >= 11 is 0. The van der Waals surface area contributed by atoms with Crippen LogP contribution in [0.4, 0.5) is 0 Å². The van der Waals surface area contributed by atoms with E-state index in [9.17, 15) is 13.2 Å². The van der Waals surface area contributed by atoms with Gasteiger partial charge in [0.2, 0.25) is 10.0 Å². The lowest BCUT2D eigenvalue weighted by atomic mass is 10.2. The summed E-state index contributed by atoms with van der Waals surface area (Å²) in [5.41, 5.74) is 1.45. The Labute approximate surface area is 150 Å². The highest BCUT2D eigenvalue weighted by molar-refractivity contribution is 7.89. The van der Waals surface area contributed by atoms with Gasteiger partial charge in [0.05, 0.1) is 17.6 Å². The van der Waals surface area contributed by atoms with Crippen LogP contribution in [0.3, 0.4) is 0 Å². The fraction of sp³-hybridized carbons (Fsp3) is 0.188. The van der Waals surface area contributed by atoms with E-state index >= 15 is 0 Å². The minimum Gasteiger partial charge on any atom is -0.480 e. The number of nitrogens with one attached hydrogen (secondary N) is 3. The Balaban J connectivity index is 0.000000417. The molecule has 1 atom stereocenters. The number of carbonyl (C=O) groups is 1. The van der Waals surface area contributed by atoms with Crippen LogP contribution in [-0.2, 0) is 21.2 Å². The summed E-state index contributed by atoms with van der Waals surface area (Å²) in [6.45, 7) is 1.84. The number of aliphatic carboxylic acids is 1. The summed E-state index contributed by atoms with van der Waals surface area (Å²) in [6, 6.07) is 4.91. The van der Waals surface area contributed by atoms with Crippen molar-refractivity contribution < 1.29 is 18.3 Å². The average Bonchev–Trinajstić information content (AvgIpc) is 3.31. The lowest BCUT2D eigenvalue weighted by Crippen LogP contribution is -2.42. The van der Waals surface area contributed by atoms with Crippen LogP contribution in [0.2, 0.25) is 0 Å². The van der Waals surface area contributed by atoms with Gasteiger partial charge in [0.15, 0.2) is 0 Å². The number of aromatic nitrogens is 4. The molecule has 0 aliphatic rings. The Morgan fingerprint density at radius 3 is 2.42 bits per heavy atom. The number of carboxylic acid groups (broad SMARTS) is 1. The van der Waals surface area contributed by atoms with Gasteiger partial charge in [0, 0.05) is 30.7 Å². The number of aryl methyl sites for hydroxylation is 1. The van der Waals surface area contributed by atoms with Crippen molar-refractivity contribution in [3.05, 3.63) is 66.8 Å². The molecule has 26 heavy (non-hydrogen) atoms. The van der Waals surface area contributed by atoms with Crippen molar-refractivity contribution in [1.82, 2.24) is 24.7 Å². The first-order chi connectivity index (χ1) is 12.4. The number of H-pyrrole nitrogens is 2. The molecule has 138 valence electrons. The first-order valence-corrected chi connectivity index (χ1v) is 9.08. The fourth-order valence-corrected chi connectivity index (χ4v) is 3.17. The standard InChI is InChI=1S/C13H15N3O4S.C3H4N2/c1-9-2-4-11(5-3-9)21(19,20)16-12(13(17)18)6-10-7-14-8-15-10;1-2-5-3-4-1/h2-5,7-8,12,16H,6H2,1H3,(H,14,15)(H,17,18);1-3H,(H,4,5). The zero-order chi connectivity index (χ0) is 19.0. The third-order valence-corrected chi connectivity index (χ3v) is 4.80. The highest BCUT2D eigenvalue weighted by Gasteiger charge is 2.26. The molecule has 0 bridgehead atoms. The zero-order valence-electron chi connectivity index (χ0n) is 14.0. The van der Waals surface area contributed by atoms with Crippen LogP contribution in [0.1, 0.15) is 11.3 Å². The topological polar surface area (TPSA) is 141 Å². The second-order valence-corrected chi connectivity index (χ2v) is 7.08. The molecule has 3 rings (SSSR count). The molecule has 0 radical (unpaired) electrons. The largest absolute Gasteiger partial charge is 0.480 e. The molecule has 2 aromatic heterocycles. The summed E-state index contributed by atoms with van der Waals surface area (Å²) in [7, 11) is -3.89. The van der Waals surface area contributed by atoms with E-state index in [1.54, 1.807) is 30.9 Å². The normalized spacial score (nSPS) is 12.0. The number of hydrogen-bond donors (Lipinski definition) is 4. The summed E-state index contributed by atoms with van der Waals surface area (Å²) in [5.74, 6) is -1.25. The summed E-state index contributed by atoms with van der Waals surface area (Å²) < 4.78 is 26.6. The smallest absolute Gasteiger partial charge is 0.322 e. The van der Waals surface area contributed by atoms with Crippen molar-refractivity contribution in [2.75, 3.05) is 0 Å². The molecular formula is C16H19N5O4S. The second kappa shape index (κ2) is 8.92. The zero-order valence-corrected chi connectivity index (χ0v) is 14.8. The highest BCUT2D eigenvalue weighted by Crippen LogP contribution is 2.11. The van der Waals surface area contributed by atoms with Crippen LogP contribution in [0.5, 0.6) is 0 Å². The van der Waals surface area contributed by atoms with Crippen molar-refractivity contribution in [1.29, 1.82) is 0 Å². The van der Waals surface area contributed by atoms with Crippen molar-refractivity contribution in [3.63, 3.8) is 0 Å². The molecule has 0 spiro atoms. The number of aromatic amines is 2. The predicted molar refractivity (Wildman–Crippen MR) is 93.8 cm³/mol. The Morgan fingerprint density at radius 2 is 1.96 bits per heavy atom. The molecule has 9 nitrogen and oxygen atoms in total. The molecule has 3 aromatic rings. The number of sulfonamides is 1. The van der Waals surface area contributed by atoms with Crippen LogP contribution >= 0.6 is 0 Å². The Hall–Kier alpha value is -2.98. The lowest BCUT2D eigenvalue weighted by molar-refractivity contribution is -0.138. The van der Waals surface area contributed by atoms with Crippen LogP contribution in [0, 0.1) is 6.92 Å². The maximum atomic E-state index is 12.2. The van der Waals surface area contributed by atoms with Gasteiger partial charge >= 0.3 is 5.97 Å². The van der Waals surface area contributed by atoms with E-state index in [1.165, 1.54) is 24.7 Å². The van der Waals surface area contributed by atoms with Gasteiger partial charge < -0.3 is 15.1 Å². The second-order valence-electron chi connectivity index (χ2n) is 5.37. The predicted octanol–water partition coefficient (Wildman–Crippen LogP) is 1.10. The van der Waals surface area contributed by atoms with Gasteiger partial charge in [-0.1, -0.05) is 17.7 Å². The monoisotopic (exact) mass is 377 g/mol. The Bertz CT molecular complexity index is 874. The Morgan fingerprint density at radius 1 is 1.23 bits per heavy atom. The molecule has 0 saturated heterocycles. The molecule has 2 heterocycles. The first kappa shape index (κ1) is 19.3. The first-order valence-electron chi connectivity index (χ1n) is 7.60. The quantitative estimate of drug-likeness (QED) is 0.507. The molecule has 0 aliphatic carbocycles. The minimum atomic E-state index is -3.89. The van der Waals surface area contributed by atoms with Crippen molar-refractivity contribution in [3.8, 4) is 0 Å². The maximum Gasteiger partial charge on any atom is 0.322 e. The Kier molecular flexibility index (Phi) is 6.64. The molecule has 1 aromatic carbocycles. The maximum absolute atomic E-state index is 12.2. The summed E-state index contributed by atoms with van der Waals surface area (Å²) in [5, 5.41) is 9.17. The van der Waals surface area contributed by atoms with Gasteiger partial charge in [-0.2, -0.15) is 4.72 Å².